The van der Waals surface area contributed by atoms with E-state index in [1.807, 2.05) is 0 Å². The SMILES string of the molecule is CCCC.CCCCCCCCCCCCCCCC(=O)O. The molecule has 0 rings (SSSR count). The summed E-state index contributed by atoms with van der Waals surface area (Å²) in [6, 6.07) is 0. The Labute approximate surface area is 140 Å². The van der Waals surface area contributed by atoms with Crippen LogP contribution in [0.3, 0.4) is 0 Å². The first-order valence-corrected chi connectivity index (χ1v) is 9.90. The Hall–Kier alpha value is -0.530. The molecule has 0 aliphatic rings. The number of carboxylic acids is 1. The Bertz CT molecular complexity index is 200. The number of carboxylic acid groups (broad SMARTS) is 1. The second-order valence-corrected chi connectivity index (χ2v) is 6.39. The average molecular weight is 315 g/mol. The lowest BCUT2D eigenvalue weighted by molar-refractivity contribution is -0.137. The topological polar surface area (TPSA) is 37.3 Å². The van der Waals surface area contributed by atoms with Gasteiger partial charge in [-0.3, -0.25) is 4.79 Å². The van der Waals surface area contributed by atoms with Gasteiger partial charge in [-0.05, 0) is 6.42 Å². The molecule has 0 aromatic carbocycles. The van der Waals surface area contributed by atoms with E-state index in [0.29, 0.717) is 6.42 Å². The molecule has 0 saturated carbocycles. The van der Waals surface area contributed by atoms with Crippen LogP contribution in [0.4, 0.5) is 0 Å². The minimum atomic E-state index is -0.655. The molecule has 2 nitrogen and oxygen atoms in total. The maximum atomic E-state index is 10.3. The van der Waals surface area contributed by atoms with Crippen molar-refractivity contribution < 1.29 is 9.90 Å². The number of aliphatic carboxylic acids is 1. The second kappa shape index (κ2) is 22.7. The first kappa shape index (κ1) is 23.7. The maximum Gasteiger partial charge on any atom is 0.303 e. The van der Waals surface area contributed by atoms with Crippen LogP contribution in [0, 0.1) is 0 Å². The van der Waals surface area contributed by atoms with E-state index >= 15 is 0 Å². The molecule has 0 aromatic heterocycles. The van der Waals surface area contributed by atoms with E-state index < -0.39 is 5.97 Å². The summed E-state index contributed by atoms with van der Waals surface area (Å²) < 4.78 is 0. The van der Waals surface area contributed by atoms with Gasteiger partial charge in [0.1, 0.15) is 0 Å². The zero-order chi connectivity index (χ0) is 16.9. The smallest absolute Gasteiger partial charge is 0.303 e. The molecule has 2 heteroatoms. The molecule has 0 aromatic rings. The molecule has 0 aliphatic carbocycles. The number of hydrogen-bond acceptors (Lipinski definition) is 1. The highest BCUT2D eigenvalue weighted by Gasteiger charge is 1.96. The molecule has 0 atom stereocenters. The summed E-state index contributed by atoms with van der Waals surface area (Å²) in [5.74, 6) is -0.655. The van der Waals surface area contributed by atoms with E-state index in [0.717, 1.165) is 12.8 Å². The standard InChI is InChI=1S/C16H32O2.C4H10/c1-2-3-4-5-6-7-8-9-10-11-12-13-14-15-16(17)18;1-3-4-2/h2-15H2,1H3,(H,17,18);3-4H2,1-2H3. The van der Waals surface area contributed by atoms with Crippen molar-refractivity contribution >= 4 is 5.97 Å². The van der Waals surface area contributed by atoms with Gasteiger partial charge in [-0.25, -0.2) is 0 Å². The Morgan fingerprint density at radius 3 is 1.14 bits per heavy atom. The van der Waals surface area contributed by atoms with Crippen LogP contribution in [0.5, 0.6) is 0 Å². The molecule has 134 valence electrons. The third-order valence-electron chi connectivity index (χ3n) is 3.99. The van der Waals surface area contributed by atoms with Gasteiger partial charge in [-0.1, -0.05) is 111 Å². The lowest BCUT2D eigenvalue weighted by Crippen LogP contribution is -1.93. The molecule has 0 radical (unpaired) electrons. The summed E-state index contributed by atoms with van der Waals surface area (Å²) in [6.07, 6.45) is 19.9. The molecule has 0 amide bonds. The molecule has 0 fully saturated rings. The molecular weight excluding hydrogens is 272 g/mol. The summed E-state index contributed by atoms with van der Waals surface area (Å²) in [6.45, 7) is 6.62. The minimum absolute atomic E-state index is 0.345. The van der Waals surface area contributed by atoms with Gasteiger partial charge >= 0.3 is 5.97 Å². The number of rotatable bonds is 15. The van der Waals surface area contributed by atoms with Crippen LogP contribution in [0.15, 0.2) is 0 Å². The minimum Gasteiger partial charge on any atom is -0.481 e. The van der Waals surface area contributed by atoms with Crippen molar-refractivity contribution in [3.8, 4) is 0 Å². The average Bonchev–Trinajstić information content (AvgIpc) is 2.52. The van der Waals surface area contributed by atoms with Crippen LogP contribution in [-0.4, -0.2) is 11.1 Å². The van der Waals surface area contributed by atoms with Crippen molar-refractivity contribution in [1.82, 2.24) is 0 Å². The maximum absolute atomic E-state index is 10.3. The van der Waals surface area contributed by atoms with Gasteiger partial charge in [-0.15, -0.1) is 0 Å². The summed E-state index contributed by atoms with van der Waals surface area (Å²) in [7, 11) is 0. The van der Waals surface area contributed by atoms with Gasteiger partial charge in [0.25, 0.3) is 0 Å². The third-order valence-corrected chi connectivity index (χ3v) is 3.99. The fourth-order valence-electron chi connectivity index (χ4n) is 2.29. The van der Waals surface area contributed by atoms with Gasteiger partial charge in [0.05, 0.1) is 0 Å². The van der Waals surface area contributed by atoms with Gasteiger partial charge in [0.2, 0.25) is 0 Å². The van der Waals surface area contributed by atoms with Crippen molar-refractivity contribution in [2.75, 3.05) is 0 Å². The number of unbranched alkanes of at least 4 members (excludes halogenated alkanes) is 13. The summed E-state index contributed by atoms with van der Waals surface area (Å²) in [4.78, 5) is 10.3. The summed E-state index contributed by atoms with van der Waals surface area (Å²) in [5.41, 5.74) is 0. The van der Waals surface area contributed by atoms with E-state index in [1.54, 1.807) is 0 Å². The van der Waals surface area contributed by atoms with Crippen LogP contribution >= 0.6 is 0 Å². The molecular formula is C20H42O2. The highest BCUT2D eigenvalue weighted by molar-refractivity contribution is 5.66. The van der Waals surface area contributed by atoms with Crippen molar-refractivity contribution in [1.29, 1.82) is 0 Å². The first-order valence-electron chi connectivity index (χ1n) is 9.90. The van der Waals surface area contributed by atoms with Crippen molar-refractivity contribution in [3.05, 3.63) is 0 Å². The molecule has 0 heterocycles. The summed E-state index contributed by atoms with van der Waals surface area (Å²) in [5, 5.41) is 8.49. The number of carbonyl (C=O) groups is 1. The van der Waals surface area contributed by atoms with Gasteiger partial charge in [0.15, 0.2) is 0 Å². The van der Waals surface area contributed by atoms with E-state index in [1.165, 1.54) is 83.5 Å². The number of hydrogen-bond donors (Lipinski definition) is 1. The van der Waals surface area contributed by atoms with Crippen molar-refractivity contribution in [2.45, 2.75) is 124 Å². The van der Waals surface area contributed by atoms with Crippen LogP contribution in [0.2, 0.25) is 0 Å². The lowest BCUT2D eigenvalue weighted by Gasteiger charge is -2.02. The first-order chi connectivity index (χ1) is 10.7. The van der Waals surface area contributed by atoms with Crippen molar-refractivity contribution in [3.63, 3.8) is 0 Å². The monoisotopic (exact) mass is 314 g/mol. The quantitative estimate of drug-likeness (QED) is 0.321. The predicted octanol–water partition coefficient (Wildman–Crippen LogP) is 7.36. The molecule has 0 spiro atoms. The Kier molecular flexibility index (Phi) is 24.5. The Morgan fingerprint density at radius 2 is 0.864 bits per heavy atom. The molecule has 22 heavy (non-hydrogen) atoms. The zero-order valence-electron chi connectivity index (χ0n) is 15.7. The highest BCUT2D eigenvalue weighted by atomic mass is 16.4. The highest BCUT2D eigenvalue weighted by Crippen LogP contribution is 2.12. The second-order valence-electron chi connectivity index (χ2n) is 6.39. The Balaban J connectivity index is 0. The van der Waals surface area contributed by atoms with E-state index in [4.69, 9.17) is 5.11 Å². The molecule has 0 unspecified atom stereocenters. The molecule has 0 saturated heterocycles. The largest absolute Gasteiger partial charge is 0.481 e. The normalized spacial score (nSPS) is 10.1. The Morgan fingerprint density at radius 1 is 0.545 bits per heavy atom. The fraction of sp³-hybridized carbons (Fsp3) is 0.950. The molecule has 0 bridgehead atoms. The van der Waals surface area contributed by atoms with Crippen LogP contribution < -0.4 is 0 Å². The van der Waals surface area contributed by atoms with Crippen LogP contribution in [0.1, 0.15) is 124 Å². The van der Waals surface area contributed by atoms with Gasteiger partial charge in [-0.2, -0.15) is 0 Å². The van der Waals surface area contributed by atoms with Gasteiger partial charge < -0.3 is 5.11 Å². The van der Waals surface area contributed by atoms with Gasteiger partial charge in [0, 0.05) is 6.42 Å². The summed E-state index contributed by atoms with van der Waals surface area (Å²) >= 11 is 0. The fourth-order valence-corrected chi connectivity index (χ4v) is 2.29. The third kappa shape index (κ3) is 27.8. The van der Waals surface area contributed by atoms with Crippen LogP contribution in [-0.2, 0) is 4.79 Å². The van der Waals surface area contributed by atoms with Crippen molar-refractivity contribution in [2.24, 2.45) is 0 Å². The van der Waals surface area contributed by atoms with E-state index in [9.17, 15) is 4.79 Å². The lowest BCUT2D eigenvalue weighted by atomic mass is 10.0. The molecule has 0 aliphatic heterocycles. The molecule has 1 N–H and O–H groups in total. The predicted molar refractivity (Wildman–Crippen MR) is 98.5 cm³/mol. The van der Waals surface area contributed by atoms with E-state index in [2.05, 4.69) is 20.8 Å². The van der Waals surface area contributed by atoms with E-state index in [-0.39, 0.29) is 0 Å². The van der Waals surface area contributed by atoms with Crippen LogP contribution in [0.25, 0.3) is 0 Å². The zero-order valence-corrected chi connectivity index (χ0v) is 15.7.